The van der Waals surface area contributed by atoms with Crippen LogP contribution in [0.4, 0.5) is 0 Å². The minimum absolute atomic E-state index is 0.0699. The van der Waals surface area contributed by atoms with E-state index in [0.717, 1.165) is 0 Å². The average Bonchev–Trinajstić information content (AvgIpc) is 3.47. The molecule has 1 aliphatic rings. The number of ketones is 2. The summed E-state index contributed by atoms with van der Waals surface area (Å²) in [6.45, 7) is 17.4. The number of aliphatic hydroxyl groups is 1. The van der Waals surface area contributed by atoms with Gasteiger partial charge >= 0.3 is 0 Å². The zero-order chi connectivity index (χ0) is 30.4. The molecule has 0 bridgehead atoms. The van der Waals surface area contributed by atoms with Gasteiger partial charge in [-0.1, -0.05) is 54.4 Å². The third-order valence-corrected chi connectivity index (χ3v) is 8.22. The molecule has 0 unspecified atom stereocenters. The molecule has 3 amide bonds. The van der Waals surface area contributed by atoms with Gasteiger partial charge < -0.3 is 25.4 Å². The SMILES string of the molecule is CC[C@H](C)[C@H](NC(=O)[C@H]([C@@H](C)CC)N(C)C(C)=O)C(=O)[C@@H](C(=O)N[C@@H](CC(C)C)C(=O)[C@]1(C)O[C@H]1C)[C@@H](C)O. The number of ether oxygens (including phenoxy) is 1. The zero-order valence-corrected chi connectivity index (χ0v) is 25.7. The van der Waals surface area contributed by atoms with Crippen LogP contribution in [0.15, 0.2) is 0 Å². The molecule has 0 aromatic rings. The zero-order valence-electron chi connectivity index (χ0n) is 25.7. The van der Waals surface area contributed by atoms with E-state index in [1.54, 1.807) is 27.8 Å². The molecule has 10 nitrogen and oxygen atoms in total. The van der Waals surface area contributed by atoms with Crippen molar-refractivity contribution < 1.29 is 33.8 Å². The number of carbonyl (C=O) groups is 5. The van der Waals surface area contributed by atoms with Crippen LogP contribution in [0.1, 0.15) is 88.5 Å². The van der Waals surface area contributed by atoms with E-state index in [1.165, 1.54) is 18.7 Å². The Morgan fingerprint density at radius 2 is 1.46 bits per heavy atom. The summed E-state index contributed by atoms with van der Waals surface area (Å²) in [5, 5.41) is 16.1. The van der Waals surface area contributed by atoms with Crippen LogP contribution in [0.25, 0.3) is 0 Å². The first kappa shape index (κ1) is 34.7. The fourth-order valence-electron chi connectivity index (χ4n) is 4.88. The molecule has 224 valence electrons. The molecule has 1 aliphatic heterocycles. The standard InChI is InChI=1S/C29H51N3O7/c1-12-16(5)23(31-28(38)24(17(6)13-2)32(11)20(9)34)25(35)22(18(7)33)27(37)30-21(14-15(3)4)26(36)29(10)19(8)39-29/h15-19,21-24,33H,12-14H2,1-11H3,(H,30,37)(H,31,38)/t16-,17-,18+,19-,21-,22-,23-,24-,29+/m0/s1. The second kappa shape index (κ2) is 14.3. The number of aliphatic hydroxyl groups excluding tert-OH is 1. The molecule has 1 fully saturated rings. The Balaban J connectivity index is 3.30. The summed E-state index contributed by atoms with van der Waals surface area (Å²) in [5.41, 5.74) is -1.00. The molecule has 0 aliphatic carbocycles. The molecule has 0 spiro atoms. The molecular weight excluding hydrogens is 502 g/mol. The molecular formula is C29H51N3O7. The first-order valence-corrected chi connectivity index (χ1v) is 14.2. The Hall–Kier alpha value is -2.33. The Kier molecular flexibility index (Phi) is 12.8. The molecule has 0 aromatic heterocycles. The molecule has 0 radical (unpaired) electrons. The van der Waals surface area contributed by atoms with E-state index in [-0.39, 0.29) is 35.5 Å². The van der Waals surface area contributed by atoms with Crippen molar-refractivity contribution >= 4 is 29.3 Å². The Bertz CT molecular complexity index is 905. The number of epoxide rings is 1. The van der Waals surface area contributed by atoms with Crippen LogP contribution in [-0.2, 0) is 28.7 Å². The van der Waals surface area contributed by atoms with Crippen LogP contribution in [0.3, 0.4) is 0 Å². The van der Waals surface area contributed by atoms with E-state index >= 15 is 0 Å². The molecule has 1 heterocycles. The normalized spacial score (nSPS) is 24.0. The minimum atomic E-state index is -1.51. The lowest BCUT2D eigenvalue weighted by Gasteiger charge is -2.34. The van der Waals surface area contributed by atoms with Crippen molar-refractivity contribution in [1.82, 2.24) is 15.5 Å². The van der Waals surface area contributed by atoms with Gasteiger partial charge in [-0.25, -0.2) is 0 Å². The van der Waals surface area contributed by atoms with Crippen LogP contribution < -0.4 is 10.6 Å². The van der Waals surface area contributed by atoms with Gasteiger partial charge in [-0.3, -0.25) is 24.0 Å². The lowest BCUT2D eigenvalue weighted by atomic mass is 9.84. The Morgan fingerprint density at radius 3 is 1.85 bits per heavy atom. The summed E-state index contributed by atoms with van der Waals surface area (Å²) in [6, 6.07) is -2.78. The predicted octanol–water partition coefficient (Wildman–Crippen LogP) is 2.25. The number of amides is 3. The highest BCUT2D eigenvalue weighted by molar-refractivity contribution is 6.07. The number of hydrogen-bond acceptors (Lipinski definition) is 7. The summed E-state index contributed by atoms with van der Waals surface area (Å²) in [6.07, 6.45) is -0.155. The molecule has 39 heavy (non-hydrogen) atoms. The monoisotopic (exact) mass is 553 g/mol. The number of hydrogen-bond donors (Lipinski definition) is 3. The molecule has 3 N–H and O–H groups in total. The maximum atomic E-state index is 13.8. The second-order valence-electron chi connectivity index (χ2n) is 11.9. The van der Waals surface area contributed by atoms with Gasteiger partial charge in [0.05, 0.1) is 24.3 Å². The third kappa shape index (κ3) is 8.58. The number of Topliss-reactive ketones (excluding diaryl/α,β-unsaturated/α-hetero) is 2. The summed E-state index contributed by atoms with van der Waals surface area (Å²) < 4.78 is 5.49. The second-order valence-corrected chi connectivity index (χ2v) is 11.9. The topological polar surface area (TPSA) is 145 Å². The number of rotatable bonds is 16. The van der Waals surface area contributed by atoms with Crippen LogP contribution in [0, 0.1) is 23.7 Å². The van der Waals surface area contributed by atoms with Gasteiger partial charge in [-0.15, -0.1) is 0 Å². The van der Waals surface area contributed by atoms with Crippen molar-refractivity contribution in [3.05, 3.63) is 0 Å². The summed E-state index contributed by atoms with van der Waals surface area (Å²) in [4.78, 5) is 67.4. The van der Waals surface area contributed by atoms with E-state index in [4.69, 9.17) is 4.74 Å². The van der Waals surface area contributed by atoms with E-state index in [0.29, 0.717) is 19.3 Å². The first-order valence-electron chi connectivity index (χ1n) is 14.2. The van der Waals surface area contributed by atoms with Gasteiger partial charge in [0, 0.05) is 14.0 Å². The Labute approximate surface area is 234 Å². The number of likely N-dealkylation sites (N-methyl/N-ethyl adjacent to an activating group) is 1. The maximum absolute atomic E-state index is 13.8. The Morgan fingerprint density at radius 1 is 0.949 bits per heavy atom. The summed E-state index contributed by atoms with van der Waals surface area (Å²) >= 11 is 0. The van der Waals surface area contributed by atoms with Gasteiger partial charge in [0.15, 0.2) is 17.2 Å². The van der Waals surface area contributed by atoms with Gasteiger partial charge in [-0.2, -0.15) is 0 Å². The van der Waals surface area contributed by atoms with E-state index in [2.05, 4.69) is 10.6 Å². The molecule has 0 saturated carbocycles. The highest BCUT2D eigenvalue weighted by Gasteiger charge is 2.57. The van der Waals surface area contributed by atoms with Crippen LogP contribution >= 0.6 is 0 Å². The number of nitrogens with one attached hydrogen (secondary N) is 2. The number of nitrogens with zero attached hydrogens (tertiary/aromatic N) is 1. The van der Waals surface area contributed by atoms with Gasteiger partial charge in [0.2, 0.25) is 17.7 Å². The van der Waals surface area contributed by atoms with E-state index in [1.807, 2.05) is 34.6 Å². The smallest absolute Gasteiger partial charge is 0.243 e. The third-order valence-electron chi connectivity index (χ3n) is 8.22. The van der Waals surface area contributed by atoms with Crippen LogP contribution in [0.2, 0.25) is 0 Å². The van der Waals surface area contributed by atoms with Gasteiger partial charge in [0.25, 0.3) is 0 Å². The lowest BCUT2D eigenvalue weighted by Crippen LogP contribution is -2.59. The lowest BCUT2D eigenvalue weighted by molar-refractivity contribution is -0.145. The van der Waals surface area contributed by atoms with E-state index < -0.39 is 53.3 Å². The average molecular weight is 554 g/mol. The quantitative estimate of drug-likeness (QED) is 0.196. The molecule has 1 saturated heterocycles. The molecule has 9 atom stereocenters. The molecule has 0 aromatic carbocycles. The first-order chi connectivity index (χ1) is 17.9. The van der Waals surface area contributed by atoms with Crippen molar-refractivity contribution in [3.8, 4) is 0 Å². The van der Waals surface area contributed by atoms with Crippen LogP contribution in [-0.4, -0.2) is 82.3 Å². The predicted molar refractivity (Wildman–Crippen MR) is 149 cm³/mol. The number of carbonyl (C=O) groups excluding carboxylic acids is 5. The maximum Gasteiger partial charge on any atom is 0.243 e. The van der Waals surface area contributed by atoms with Crippen molar-refractivity contribution in [1.29, 1.82) is 0 Å². The highest BCUT2D eigenvalue weighted by atomic mass is 16.6. The summed E-state index contributed by atoms with van der Waals surface area (Å²) in [5.74, 6) is -4.45. The molecule has 10 heteroatoms. The van der Waals surface area contributed by atoms with Gasteiger partial charge in [0.1, 0.15) is 12.0 Å². The van der Waals surface area contributed by atoms with Crippen molar-refractivity contribution in [3.63, 3.8) is 0 Å². The van der Waals surface area contributed by atoms with Crippen molar-refractivity contribution in [2.24, 2.45) is 23.7 Å². The van der Waals surface area contributed by atoms with Crippen LogP contribution in [0.5, 0.6) is 0 Å². The fourth-order valence-corrected chi connectivity index (χ4v) is 4.88. The van der Waals surface area contributed by atoms with Crippen molar-refractivity contribution in [2.45, 2.75) is 124 Å². The highest BCUT2D eigenvalue weighted by Crippen LogP contribution is 2.38. The van der Waals surface area contributed by atoms with E-state index in [9.17, 15) is 29.1 Å². The summed E-state index contributed by atoms with van der Waals surface area (Å²) in [7, 11) is 1.54. The largest absolute Gasteiger partial charge is 0.392 e. The minimum Gasteiger partial charge on any atom is -0.392 e. The van der Waals surface area contributed by atoms with Crippen molar-refractivity contribution in [2.75, 3.05) is 7.05 Å². The van der Waals surface area contributed by atoms with Gasteiger partial charge in [-0.05, 0) is 44.9 Å². The molecule has 1 rings (SSSR count). The fraction of sp³-hybridized carbons (Fsp3) is 0.828.